The Bertz CT molecular complexity index is 442. The number of aliphatic hydroxyl groups is 2. The summed E-state index contributed by atoms with van der Waals surface area (Å²) in [5.41, 5.74) is 5.34. The molecule has 0 aliphatic heterocycles. The van der Waals surface area contributed by atoms with E-state index in [4.69, 9.17) is 5.73 Å². The molecule has 0 bridgehead atoms. The van der Waals surface area contributed by atoms with Gasteiger partial charge in [-0.15, -0.1) is 0 Å². The number of nitrogens with one attached hydrogen (secondary N) is 1. The maximum absolute atomic E-state index is 12.5. The Labute approximate surface area is 119 Å². The maximum Gasteiger partial charge on any atom is 0.230 e. The van der Waals surface area contributed by atoms with Crippen LogP contribution in [0.4, 0.5) is 5.69 Å². The number of carbonyl (C=O) groups excluding carboxylic acids is 1. The molecule has 5 heteroatoms. The molecule has 1 aromatic carbocycles. The van der Waals surface area contributed by atoms with E-state index in [1.807, 2.05) is 6.92 Å². The van der Waals surface area contributed by atoms with Gasteiger partial charge in [0.05, 0.1) is 24.2 Å². The summed E-state index contributed by atoms with van der Waals surface area (Å²) in [5.74, 6) is -0.243. The summed E-state index contributed by atoms with van der Waals surface area (Å²) < 4.78 is 0. The second-order valence-electron chi connectivity index (χ2n) is 5.65. The van der Waals surface area contributed by atoms with Gasteiger partial charge in [0, 0.05) is 5.69 Å². The lowest BCUT2D eigenvalue weighted by atomic mass is 9.82. The van der Waals surface area contributed by atoms with Gasteiger partial charge in [-0.25, -0.2) is 0 Å². The van der Waals surface area contributed by atoms with Crippen LogP contribution in [0.5, 0.6) is 0 Å². The van der Waals surface area contributed by atoms with E-state index in [2.05, 4.69) is 5.32 Å². The molecule has 112 valence electrons. The largest absolute Gasteiger partial charge is 0.399 e. The molecule has 0 spiro atoms. The van der Waals surface area contributed by atoms with Crippen molar-refractivity contribution in [2.75, 3.05) is 18.9 Å². The Morgan fingerprint density at radius 2 is 1.70 bits per heavy atom. The number of anilines is 1. The highest BCUT2D eigenvalue weighted by atomic mass is 16.3. The second kappa shape index (κ2) is 6.24. The first-order chi connectivity index (χ1) is 9.31. The van der Waals surface area contributed by atoms with Gasteiger partial charge in [0.15, 0.2) is 0 Å². The normalized spacial score (nSPS) is 12.2. The van der Waals surface area contributed by atoms with E-state index in [9.17, 15) is 15.0 Å². The predicted octanol–water partition coefficient (Wildman–Crippen LogP) is 0.796. The summed E-state index contributed by atoms with van der Waals surface area (Å²) in [4.78, 5) is 12.5. The highest BCUT2D eigenvalue weighted by molar-refractivity contribution is 5.88. The van der Waals surface area contributed by atoms with E-state index in [0.29, 0.717) is 12.1 Å². The first-order valence-corrected chi connectivity index (χ1v) is 6.71. The molecular formula is C15H24N2O3. The minimum atomic E-state index is -0.984. The first-order valence-electron chi connectivity index (χ1n) is 6.71. The van der Waals surface area contributed by atoms with Gasteiger partial charge in [0.25, 0.3) is 0 Å². The number of carbonyl (C=O) groups is 1. The Balaban J connectivity index is 2.97. The molecule has 0 aliphatic rings. The lowest BCUT2D eigenvalue weighted by molar-refractivity contribution is -0.129. The van der Waals surface area contributed by atoms with Crippen LogP contribution in [0.3, 0.4) is 0 Å². The van der Waals surface area contributed by atoms with Crippen molar-refractivity contribution in [1.29, 1.82) is 0 Å². The van der Waals surface area contributed by atoms with Gasteiger partial charge in [-0.05, 0) is 38.0 Å². The van der Waals surface area contributed by atoms with Crippen molar-refractivity contribution in [3.63, 3.8) is 0 Å². The molecule has 0 radical (unpaired) electrons. The van der Waals surface area contributed by atoms with E-state index < -0.39 is 11.0 Å². The van der Waals surface area contributed by atoms with Crippen molar-refractivity contribution >= 4 is 11.6 Å². The Hall–Kier alpha value is -1.59. The van der Waals surface area contributed by atoms with Crippen LogP contribution in [-0.2, 0) is 10.2 Å². The topological polar surface area (TPSA) is 95.6 Å². The number of nitrogens with two attached hydrogens (primary N) is 1. The average molecular weight is 280 g/mol. The van der Waals surface area contributed by atoms with Gasteiger partial charge >= 0.3 is 0 Å². The maximum atomic E-state index is 12.5. The summed E-state index contributed by atoms with van der Waals surface area (Å²) in [6.45, 7) is 4.79. The SMILES string of the molecule is CCC(CO)(CO)NC(=O)C(C)(C)c1ccc(N)cc1. The van der Waals surface area contributed by atoms with Crippen molar-refractivity contribution in [1.82, 2.24) is 5.32 Å². The molecule has 5 N–H and O–H groups in total. The smallest absolute Gasteiger partial charge is 0.230 e. The number of amides is 1. The van der Waals surface area contributed by atoms with Gasteiger partial charge in [-0.2, -0.15) is 0 Å². The molecule has 0 unspecified atom stereocenters. The standard InChI is InChI=1S/C15H24N2O3/c1-4-15(9-18,10-19)17-13(20)14(2,3)11-5-7-12(16)8-6-11/h5-8,18-19H,4,9-10,16H2,1-3H3,(H,17,20). The molecule has 1 aromatic rings. The van der Waals surface area contributed by atoms with Crippen molar-refractivity contribution < 1.29 is 15.0 Å². The summed E-state index contributed by atoms with van der Waals surface area (Å²) in [6.07, 6.45) is 0.448. The summed E-state index contributed by atoms with van der Waals surface area (Å²) in [7, 11) is 0. The van der Waals surface area contributed by atoms with E-state index in [-0.39, 0.29) is 19.1 Å². The van der Waals surface area contributed by atoms with E-state index in [0.717, 1.165) is 5.56 Å². The van der Waals surface area contributed by atoms with Gasteiger partial charge in [0.2, 0.25) is 5.91 Å². The Morgan fingerprint density at radius 1 is 1.20 bits per heavy atom. The lowest BCUT2D eigenvalue weighted by Gasteiger charge is -2.34. The molecule has 1 rings (SSSR count). The van der Waals surface area contributed by atoms with Crippen LogP contribution in [-0.4, -0.2) is 34.9 Å². The van der Waals surface area contributed by atoms with Crippen LogP contribution >= 0.6 is 0 Å². The third kappa shape index (κ3) is 3.29. The van der Waals surface area contributed by atoms with Crippen molar-refractivity contribution in [2.45, 2.75) is 38.1 Å². The summed E-state index contributed by atoms with van der Waals surface area (Å²) in [6, 6.07) is 7.10. The Kier molecular flexibility index (Phi) is 5.14. The fourth-order valence-electron chi connectivity index (χ4n) is 1.87. The van der Waals surface area contributed by atoms with Gasteiger partial charge in [0.1, 0.15) is 0 Å². The Morgan fingerprint density at radius 3 is 2.10 bits per heavy atom. The highest BCUT2D eigenvalue weighted by Gasteiger charge is 2.36. The predicted molar refractivity (Wildman–Crippen MR) is 79.2 cm³/mol. The number of rotatable bonds is 6. The van der Waals surface area contributed by atoms with Crippen LogP contribution in [0, 0.1) is 0 Å². The quantitative estimate of drug-likeness (QED) is 0.579. The minimum absolute atomic E-state index is 0.243. The lowest BCUT2D eigenvalue weighted by Crippen LogP contribution is -2.57. The second-order valence-corrected chi connectivity index (χ2v) is 5.65. The molecule has 0 aromatic heterocycles. The zero-order valence-electron chi connectivity index (χ0n) is 12.3. The minimum Gasteiger partial charge on any atom is -0.399 e. The van der Waals surface area contributed by atoms with Crippen molar-refractivity contribution in [3.05, 3.63) is 29.8 Å². The number of hydrogen-bond donors (Lipinski definition) is 4. The van der Waals surface area contributed by atoms with E-state index in [1.165, 1.54) is 0 Å². The van der Waals surface area contributed by atoms with Crippen LogP contribution < -0.4 is 11.1 Å². The van der Waals surface area contributed by atoms with Crippen molar-refractivity contribution in [3.8, 4) is 0 Å². The number of nitrogen functional groups attached to an aromatic ring is 1. The molecular weight excluding hydrogens is 256 g/mol. The molecule has 0 atom stereocenters. The zero-order chi connectivity index (χ0) is 15.4. The third-order valence-corrected chi connectivity index (χ3v) is 3.86. The zero-order valence-corrected chi connectivity index (χ0v) is 12.3. The number of benzene rings is 1. The monoisotopic (exact) mass is 280 g/mol. The molecule has 0 heterocycles. The van der Waals surface area contributed by atoms with Crippen LogP contribution in [0.15, 0.2) is 24.3 Å². The van der Waals surface area contributed by atoms with E-state index >= 15 is 0 Å². The fourth-order valence-corrected chi connectivity index (χ4v) is 1.87. The summed E-state index contributed by atoms with van der Waals surface area (Å²) >= 11 is 0. The van der Waals surface area contributed by atoms with Crippen LogP contribution in [0.2, 0.25) is 0 Å². The van der Waals surface area contributed by atoms with Crippen LogP contribution in [0.25, 0.3) is 0 Å². The number of hydrogen-bond acceptors (Lipinski definition) is 4. The van der Waals surface area contributed by atoms with Gasteiger partial charge in [-0.1, -0.05) is 19.1 Å². The third-order valence-electron chi connectivity index (χ3n) is 3.86. The molecule has 0 fully saturated rings. The number of aliphatic hydroxyl groups excluding tert-OH is 2. The molecule has 0 saturated heterocycles. The van der Waals surface area contributed by atoms with Gasteiger partial charge < -0.3 is 21.3 Å². The summed E-state index contributed by atoms with van der Waals surface area (Å²) in [5, 5.41) is 21.6. The average Bonchev–Trinajstić information content (AvgIpc) is 2.45. The fraction of sp³-hybridized carbons (Fsp3) is 0.533. The molecule has 0 aliphatic carbocycles. The van der Waals surface area contributed by atoms with E-state index in [1.54, 1.807) is 38.1 Å². The first kappa shape index (κ1) is 16.5. The van der Waals surface area contributed by atoms with Crippen molar-refractivity contribution in [2.24, 2.45) is 0 Å². The van der Waals surface area contributed by atoms with Gasteiger partial charge in [-0.3, -0.25) is 4.79 Å². The highest BCUT2D eigenvalue weighted by Crippen LogP contribution is 2.25. The van der Waals surface area contributed by atoms with Crippen LogP contribution in [0.1, 0.15) is 32.8 Å². The molecule has 20 heavy (non-hydrogen) atoms. The molecule has 1 amide bonds. The molecule has 0 saturated carbocycles. The molecule has 5 nitrogen and oxygen atoms in total.